The maximum Gasteiger partial charge on any atom is 0.243 e. The van der Waals surface area contributed by atoms with Crippen molar-refractivity contribution >= 4 is 17.3 Å². The number of carbonyl (C=O) groups is 1. The van der Waals surface area contributed by atoms with Crippen molar-refractivity contribution in [1.82, 2.24) is 9.78 Å². The summed E-state index contributed by atoms with van der Waals surface area (Å²) in [6.07, 6.45) is 3.60. The normalized spacial score (nSPS) is 10.3. The lowest BCUT2D eigenvalue weighted by molar-refractivity contribution is -0.114. The van der Waals surface area contributed by atoms with Crippen LogP contribution in [0.2, 0.25) is 0 Å². The number of hydrogen-bond acceptors (Lipinski definition) is 5. The molecule has 0 saturated heterocycles. The van der Waals surface area contributed by atoms with E-state index in [0.29, 0.717) is 17.2 Å². The number of ether oxygens (including phenoxy) is 2. The van der Waals surface area contributed by atoms with E-state index in [1.165, 1.54) is 0 Å². The molecule has 140 valence electrons. The summed E-state index contributed by atoms with van der Waals surface area (Å²) in [6, 6.07) is 13.0. The third kappa shape index (κ3) is 4.38. The van der Waals surface area contributed by atoms with Gasteiger partial charge in [0.15, 0.2) is 11.5 Å². The van der Waals surface area contributed by atoms with Gasteiger partial charge >= 0.3 is 0 Å². The lowest BCUT2D eigenvalue weighted by atomic mass is 10.2. The van der Waals surface area contributed by atoms with Gasteiger partial charge in [-0.3, -0.25) is 4.79 Å². The van der Waals surface area contributed by atoms with Gasteiger partial charge in [-0.2, -0.15) is 5.10 Å². The van der Waals surface area contributed by atoms with Gasteiger partial charge in [0.1, 0.15) is 0 Å². The van der Waals surface area contributed by atoms with E-state index < -0.39 is 0 Å². The first-order valence-corrected chi connectivity index (χ1v) is 8.47. The molecule has 1 heterocycles. The van der Waals surface area contributed by atoms with Crippen molar-refractivity contribution in [2.45, 2.75) is 6.92 Å². The predicted octanol–water partition coefficient (Wildman–Crippen LogP) is 3.25. The molecule has 0 aliphatic rings. The highest BCUT2D eigenvalue weighted by atomic mass is 16.5. The Morgan fingerprint density at radius 3 is 2.63 bits per heavy atom. The van der Waals surface area contributed by atoms with E-state index in [0.717, 1.165) is 16.9 Å². The molecule has 0 atom stereocenters. The summed E-state index contributed by atoms with van der Waals surface area (Å²) in [5, 5.41) is 10.2. The van der Waals surface area contributed by atoms with Gasteiger partial charge in [-0.05, 0) is 42.8 Å². The van der Waals surface area contributed by atoms with E-state index in [1.54, 1.807) is 43.3 Å². The van der Waals surface area contributed by atoms with Gasteiger partial charge in [0.2, 0.25) is 5.91 Å². The number of methoxy groups -OCH3 is 2. The SMILES string of the molecule is COc1ccc(NC(=O)CNc2cc(-n3cccn3)ccc2C)cc1OC. The third-order valence-electron chi connectivity index (χ3n) is 4.10. The molecule has 7 heteroatoms. The molecule has 2 aromatic carbocycles. The average Bonchev–Trinajstić information content (AvgIpc) is 3.22. The molecule has 27 heavy (non-hydrogen) atoms. The summed E-state index contributed by atoms with van der Waals surface area (Å²) in [7, 11) is 3.13. The van der Waals surface area contributed by atoms with Crippen LogP contribution >= 0.6 is 0 Å². The number of amides is 1. The van der Waals surface area contributed by atoms with E-state index >= 15 is 0 Å². The van der Waals surface area contributed by atoms with Crippen LogP contribution in [0.15, 0.2) is 54.9 Å². The fraction of sp³-hybridized carbons (Fsp3) is 0.200. The van der Waals surface area contributed by atoms with Crippen LogP contribution in [0.3, 0.4) is 0 Å². The van der Waals surface area contributed by atoms with Crippen LogP contribution in [0.5, 0.6) is 11.5 Å². The van der Waals surface area contributed by atoms with Gasteiger partial charge in [0.05, 0.1) is 26.5 Å². The van der Waals surface area contributed by atoms with E-state index in [9.17, 15) is 4.79 Å². The van der Waals surface area contributed by atoms with E-state index in [4.69, 9.17) is 9.47 Å². The number of benzene rings is 2. The molecular formula is C20H22N4O3. The fourth-order valence-corrected chi connectivity index (χ4v) is 2.66. The number of aromatic nitrogens is 2. The van der Waals surface area contributed by atoms with Crippen molar-refractivity contribution in [3.05, 3.63) is 60.4 Å². The number of aryl methyl sites for hydroxylation is 1. The Balaban J connectivity index is 1.65. The van der Waals surface area contributed by atoms with Gasteiger partial charge in [-0.15, -0.1) is 0 Å². The third-order valence-corrected chi connectivity index (χ3v) is 4.10. The Kier molecular flexibility index (Phi) is 5.61. The first kappa shape index (κ1) is 18.3. The van der Waals surface area contributed by atoms with Crippen molar-refractivity contribution in [1.29, 1.82) is 0 Å². The van der Waals surface area contributed by atoms with Crippen LogP contribution < -0.4 is 20.1 Å². The van der Waals surface area contributed by atoms with E-state index in [2.05, 4.69) is 15.7 Å². The number of nitrogens with zero attached hydrogens (tertiary/aromatic N) is 2. The largest absolute Gasteiger partial charge is 0.493 e. The lowest BCUT2D eigenvalue weighted by Crippen LogP contribution is -2.22. The van der Waals surface area contributed by atoms with E-state index in [-0.39, 0.29) is 12.5 Å². The maximum absolute atomic E-state index is 12.3. The molecule has 0 aliphatic carbocycles. The molecule has 0 aliphatic heterocycles. The van der Waals surface area contributed by atoms with Crippen LogP contribution in [0.1, 0.15) is 5.56 Å². The first-order valence-electron chi connectivity index (χ1n) is 8.47. The minimum Gasteiger partial charge on any atom is -0.493 e. The fourth-order valence-electron chi connectivity index (χ4n) is 2.66. The van der Waals surface area contributed by atoms with Gasteiger partial charge in [0, 0.05) is 29.8 Å². The zero-order chi connectivity index (χ0) is 19.2. The highest BCUT2D eigenvalue weighted by molar-refractivity contribution is 5.94. The number of carbonyl (C=O) groups excluding carboxylic acids is 1. The van der Waals surface area contributed by atoms with Crippen LogP contribution in [-0.4, -0.2) is 36.5 Å². The summed E-state index contributed by atoms with van der Waals surface area (Å²) in [4.78, 5) is 12.3. The topological polar surface area (TPSA) is 77.4 Å². The summed E-state index contributed by atoms with van der Waals surface area (Å²) in [5.74, 6) is 1.01. The summed E-state index contributed by atoms with van der Waals surface area (Å²) >= 11 is 0. The van der Waals surface area contributed by atoms with Gasteiger partial charge < -0.3 is 20.1 Å². The molecule has 1 aromatic heterocycles. The summed E-state index contributed by atoms with van der Waals surface area (Å²) in [5.41, 5.74) is 3.49. The molecule has 0 fully saturated rings. The molecule has 3 rings (SSSR count). The first-order chi connectivity index (χ1) is 13.1. The molecule has 0 bridgehead atoms. The Labute approximate surface area is 157 Å². The highest BCUT2D eigenvalue weighted by Gasteiger charge is 2.09. The molecule has 0 saturated carbocycles. The predicted molar refractivity (Wildman–Crippen MR) is 105 cm³/mol. The quantitative estimate of drug-likeness (QED) is 0.671. The Bertz CT molecular complexity index is 923. The minimum absolute atomic E-state index is 0.137. The number of anilines is 2. The highest BCUT2D eigenvalue weighted by Crippen LogP contribution is 2.29. The molecule has 0 unspecified atom stereocenters. The van der Waals surface area contributed by atoms with Crippen LogP contribution in [0.4, 0.5) is 11.4 Å². The zero-order valence-corrected chi connectivity index (χ0v) is 15.5. The number of hydrogen-bond donors (Lipinski definition) is 2. The molecule has 2 N–H and O–H groups in total. The second-order valence-corrected chi connectivity index (χ2v) is 5.92. The minimum atomic E-state index is -0.161. The second kappa shape index (κ2) is 8.27. The standard InChI is InChI=1S/C20H22N4O3/c1-14-5-7-16(24-10-4-9-22-24)12-17(14)21-13-20(25)23-15-6-8-18(26-2)19(11-15)27-3/h4-12,21H,13H2,1-3H3,(H,23,25). The second-order valence-electron chi connectivity index (χ2n) is 5.92. The Hall–Kier alpha value is -3.48. The molecule has 1 amide bonds. The lowest BCUT2D eigenvalue weighted by Gasteiger charge is -2.13. The van der Waals surface area contributed by atoms with Gasteiger partial charge in [-0.25, -0.2) is 4.68 Å². The molecular weight excluding hydrogens is 344 g/mol. The average molecular weight is 366 g/mol. The van der Waals surface area contributed by atoms with Crippen LogP contribution in [0.25, 0.3) is 5.69 Å². The monoisotopic (exact) mass is 366 g/mol. The zero-order valence-electron chi connectivity index (χ0n) is 15.5. The molecule has 0 spiro atoms. The van der Waals surface area contributed by atoms with Crippen molar-refractivity contribution in [2.24, 2.45) is 0 Å². The van der Waals surface area contributed by atoms with Gasteiger partial charge in [0.25, 0.3) is 0 Å². The van der Waals surface area contributed by atoms with Crippen molar-refractivity contribution in [3.8, 4) is 17.2 Å². The van der Waals surface area contributed by atoms with Crippen LogP contribution in [0, 0.1) is 6.92 Å². The number of rotatable bonds is 7. The van der Waals surface area contributed by atoms with Gasteiger partial charge in [-0.1, -0.05) is 6.07 Å². The number of nitrogens with one attached hydrogen (secondary N) is 2. The molecule has 7 nitrogen and oxygen atoms in total. The Morgan fingerprint density at radius 2 is 1.93 bits per heavy atom. The Morgan fingerprint density at radius 1 is 1.11 bits per heavy atom. The summed E-state index contributed by atoms with van der Waals surface area (Å²) in [6.45, 7) is 2.12. The van der Waals surface area contributed by atoms with Crippen molar-refractivity contribution in [2.75, 3.05) is 31.4 Å². The molecule has 0 radical (unpaired) electrons. The van der Waals surface area contributed by atoms with Crippen molar-refractivity contribution < 1.29 is 14.3 Å². The molecule has 3 aromatic rings. The van der Waals surface area contributed by atoms with Crippen LogP contribution in [-0.2, 0) is 4.79 Å². The maximum atomic E-state index is 12.3. The summed E-state index contributed by atoms with van der Waals surface area (Å²) < 4.78 is 12.2. The smallest absolute Gasteiger partial charge is 0.243 e. The van der Waals surface area contributed by atoms with E-state index in [1.807, 2.05) is 37.4 Å². The van der Waals surface area contributed by atoms with Crippen molar-refractivity contribution in [3.63, 3.8) is 0 Å².